The summed E-state index contributed by atoms with van der Waals surface area (Å²) < 4.78 is 0.956. The number of carbonyl (C=O) groups is 2. The molecule has 0 spiro atoms. The molecule has 0 fully saturated rings. The first-order chi connectivity index (χ1) is 17.5. The number of halogens is 1. The Morgan fingerprint density at radius 1 is 0.806 bits per heavy atom. The van der Waals surface area contributed by atoms with Crippen molar-refractivity contribution in [3.63, 3.8) is 0 Å². The van der Waals surface area contributed by atoms with E-state index in [9.17, 15) is 9.59 Å². The Hall–Kier alpha value is -3.94. The van der Waals surface area contributed by atoms with Gasteiger partial charge in [-0.1, -0.05) is 64.5 Å². The van der Waals surface area contributed by atoms with Crippen molar-refractivity contribution in [2.24, 2.45) is 5.73 Å². The van der Waals surface area contributed by atoms with Gasteiger partial charge in [-0.15, -0.1) is 0 Å². The van der Waals surface area contributed by atoms with Crippen LogP contribution in [0.1, 0.15) is 33.6 Å². The average molecular weight is 539 g/mol. The second-order valence-corrected chi connectivity index (χ2v) is 9.89. The predicted octanol–water partition coefficient (Wildman–Crippen LogP) is 5.34. The summed E-state index contributed by atoms with van der Waals surface area (Å²) in [6.07, 6.45) is 0.531. The summed E-state index contributed by atoms with van der Waals surface area (Å²) in [5.74, 6) is -0.772. The van der Waals surface area contributed by atoms with Gasteiger partial charge in [-0.25, -0.2) is 0 Å². The zero-order valence-corrected chi connectivity index (χ0v) is 21.1. The van der Waals surface area contributed by atoms with Gasteiger partial charge in [0.25, 0.3) is 11.8 Å². The van der Waals surface area contributed by atoms with E-state index >= 15 is 0 Å². The largest absolute Gasteiger partial charge is 0.358 e. The molecular weight excluding hydrogens is 516 g/mol. The van der Waals surface area contributed by atoms with Crippen molar-refractivity contribution in [1.82, 2.24) is 15.3 Å². The topological polar surface area (TPSA) is 104 Å². The Kier molecular flexibility index (Phi) is 5.39. The summed E-state index contributed by atoms with van der Waals surface area (Å²) in [5, 5.41) is 4.37. The van der Waals surface area contributed by atoms with Gasteiger partial charge in [-0.3, -0.25) is 14.9 Å². The number of rotatable bonds is 5. The van der Waals surface area contributed by atoms with Crippen LogP contribution in [0.25, 0.3) is 33.0 Å². The molecule has 3 aromatic carbocycles. The van der Waals surface area contributed by atoms with E-state index in [2.05, 4.69) is 37.3 Å². The summed E-state index contributed by atoms with van der Waals surface area (Å²) in [7, 11) is 0. The summed E-state index contributed by atoms with van der Waals surface area (Å²) in [5.41, 5.74) is 13.8. The molecule has 0 saturated heterocycles. The molecule has 1 aliphatic heterocycles. The molecule has 5 aromatic rings. The van der Waals surface area contributed by atoms with Gasteiger partial charge in [0, 0.05) is 61.8 Å². The minimum absolute atomic E-state index is 0.384. The maximum Gasteiger partial charge on any atom is 0.259 e. The van der Waals surface area contributed by atoms with Gasteiger partial charge >= 0.3 is 0 Å². The monoisotopic (exact) mass is 538 g/mol. The van der Waals surface area contributed by atoms with Crippen LogP contribution >= 0.6 is 15.9 Å². The maximum atomic E-state index is 13.4. The summed E-state index contributed by atoms with van der Waals surface area (Å²) in [6.45, 7) is 2.37. The van der Waals surface area contributed by atoms with Crippen LogP contribution in [0.4, 0.5) is 0 Å². The van der Waals surface area contributed by atoms with Crippen LogP contribution in [-0.4, -0.2) is 21.8 Å². The van der Waals surface area contributed by atoms with Crippen LogP contribution in [0, 0.1) is 6.92 Å². The molecule has 2 amide bonds. The smallest absolute Gasteiger partial charge is 0.259 e. The fourth-order valence-electron chi connectivity index (χ4n) is 5.23. The lowest BCUT2D eigenvalue weighted by Gasteiger charge is -2.10. The fourth-order valence-corrected chi connectivity index (χ4v) is 5.61. The highest BCUT2D eigenvalue weighted by molar-refractivity contribution is 9.10. The van der Waals surface area contributed by atoms with Gasteiger partial charge in [-0.2, -0.15) is 0 Å². The zero-order chi connectivity index (χ0) is 25.0. The number of aromatic nitrogens is 2. The molecule has 3 heterocycles. The number of imide groups is 1. The average Bonchev–Trinajstić information content (AvgIpc) is 3.49. The first kappa shape index (κ1) is 22.5. The minimum Gasteiger partial charge on any atom is -0.358 e. The lowest BCUT2D eigenvalue weighted by atomic mass is 9.91. The Bertz CT molecular complexity index is 1740. The number of nitrogens with two attached hydrogens (primary N) is 1. The number of H-pyrrole nitrogens is 2. The minimum atomic E-state index is -0.388. The van der Waals surface area contributed by atoms with Crippen molar-refractivity contribution in [1.29, 1.82) is 0 Å². The first-order valence-corrected chi connectivity index (χ1v) is 12.5. The van der Waals surface area contributed by atoms with E-state index in [1.54, 1.807) is 0 Å². The predicted molar refractivity (Wildman–Crippen MR) is 146 cm³/mol. The Morgan fingerprint density at radius 3 is 2.11 bits per heavy atom. The van der Waals surface area contributed by atoms with Crippen molar-refractivity contribution < 1.29 is 9.59 Å². The number of fused-ring (bicyclic) bond motifs is 2. The number of hydrogen-bond donors (Lipinski definition) is 4. The molecule has 36 heavy (non-hydrogen) atoms. The first-order valence-electron chi connectivity index (χ1n) is 11.7. The molecule has 2 aromatic heterocycles. The van der Waals surface area contributed by atoms with Gasteiger partial charge in [0.05, 0.1) is 11.1 Å². The lowest BCUT2D eigenvalue weighted by molar-refractivity contribution is -0.122. The standard InChI is InChI=1S/C29H23BrN4O2/c1-15-24(18-6-2-4-8-21(18)32-15)26-27(29(36)34-28(26)35)25-19-7-3-5-9-22(19)33-23(25)13-17-12-16(14-31)10-11-20(17)30/h2-12,32-33H,13-14,31H2,1H3,(H,34,35,36). The normalized spacial score (nSPS) is 13.9. The van der Waals surface area contributed by atoms with E-state index in [0.29, 0.717) is 24.1 Å². The highest BCUT2D eigenvalue weighted by Gasteiger charge is 2.36. The highest BCUT2D eigenvalue weighted by Crippen LogP contribution is 2.41. The van der Waals surface area contributed by atoms with E-state index in [0.717, 1.165) is 59.9 Å². The molecule has 0 unspecified atom stereocenters. The number of benzene rings is 3. The SMILES string of the molecule is Cc1[nH]c2ccccc2c1C1=C(c2c(Cc3cc(CN)ccc3Br)[nH]c3ccccc23)C(=O)NC1=O. The summed E-state index contributed by atoms with van der Waals surface area (Å²) >= 11 is 3.67. The maximum absolute atomic E-state index is 13.4. The summed E-state index contributed by atoms with van der Waals surface area (Å²) in [6, 6.07) is 21.7. The molecule has 0 saturated carbocycles. The van der Waals surface area contributed by atoms with Crippen LogP contribution in [0.3, 0.4) is 0 Å². The third-order valence-electron chi connectivity index (χ3n) is 6.82. The number of carbonyl (C=O) groups excluding carboxylic acids is 2. The van der Waals surface area contributed by atoms with Crippen molar-refractivity contribution >= 4 is 60.7 Å². The Morgan fingerprint density at radius 2 is 1.42 bits per heavy atom. The number of amides is 2. The van der Waals surface area contributed by atoms with Crippen molar-refractivity contribution in [3.8, 4) is 0 Å². The molecule has 5 N–H and O–H groups in total. The Balaban J connectivity index is 1.65. The van der Waals surface area contributed by atoms with E-state index in [-0.39, 0.29) is 11.8 Å². The molecule has 6 rings (SSSR count). The van der Waals surface area contributed by atoms with Crippen molar-refractivity contribution in [2.45, 2.75) is 19.9 Å². The third-order valence-corrected chi connectivity index (χ3v) is 7.60. The van der Waals surface area contributed by atoms with Gasteiger partial charge in [0.1, 0.15) is 0 Å². The molecule has 0 atom stereocenters. The van der Waals surface area contributed by atoms with Crippen molar-refractivity contribution in [3.05, 3.63) is 105 Å². The van der Waals surface area contributed by atoms with Crippen LogP contribution in [-0.2, 0) is 22.6 Å². The van der Waals surface area contributed by atoms with Gasteiger partial charge in [-0.05, 0) is 36.2 Å². The zero-order valence-electron chi connectivity index (χ0n) is 19.5. The number of para-hydroxylation sites is 2. The van der Waals surface area contributed by atoms with Gasteiger partial charge < -0.3 is 15.7 Å². The second kappa shape index (κ2) is 8.62. The number of hydrogen-bond acceptors (Lipinski definition) is 3. The number of aromatic amines is 2. The number of aryl methyl sites for hydroxylation is 1. The summed E-state index contributed by atoms with van der Waals surface area (Å²) in [4.78, 5) is 33.6. The molecule has 1 aliphatic rings. The van der Waals surface area contributed by atoms with E-state index < -0.39 is 0 Å². The van der Waals surface area contributed by atoms with Crippen LogP contribution < -0.4 is 11.1 Å². The lowest BCUT2D eigenvalue weighted by Crippen LogP contribution is -2.23. The quantitative estimate of drug-likeness (QED) is 0.227. The molecule has 0 aliphatic carbocycles. The molecule has 178 valence electrons. The Labute approximate surface area is 215 Å². The fraction of sp³-hybridized carbons (Fsp3) is 0.103. The molecule has 0 bridgehead atoms. The van der Waals surface area contributed by atoms with Crippen LogP contribution in [0.2, 0.25) is 0 Å². The van der Waals surface area contributed by atoms with E-state index in [4.69, 9.17) is 5.73 Å². The molecule has 0 radical (unpaired) electrons. The van der Waals surface area contributed by atoms with Crippen LogP contribution in [0.5, 0.6) is 0 Å². The van der Waals surface area contributed by atoms with Gasteiger partial charge in [0.15, 0.2) is 0 Å². The highest BCUT2D eigenvalue weighted by atomic mass is 79.9. The molecular formula is C29H23BrN4O2. The third kappa shape index (κ3) is 3.51. The van der Waals surface area contributed by atoms with Crippen molar-refractivity contribution in [2.75, 3.05) is 0 Å². The van der Waals surface area contributed by atoms with Crippen LogP contribution in [0.15, 0.2) is 71.2 Å². The van der Waals surface area contributed by atoms with Gasteiger partial charge in [0.2, 0.25) is 0 Å². The second-order valence-electron chi connectivity index (χ2n) is 9.03. The number of nitrogens with one attached hydrogen (secondary N) is 3. The van der Waals surface area contributed by atoms with E-state index in [1.165, 1.54) is 0 Å². The molecule has 7 heteroatoms. The van der Waals surface area contributed by atoms with E-state index in [1.807, 2.05) is 67.6 Å². The molecule has 6 nitrogen and oxygen atoms in total.